The first kappa shape index (κ1) is 14.8. The molecular weight excluding hydrogens is 296 g/mol. The van der Waals surface area contributed by atoms with Crippen LogP contribution in [0.15, 0.2) is 58.0 Å². The molecule has 0 amide bonds. The Labute approximate surface area is 123 Å². The maximum atomic E-state index is 11.3. The van der Waals surface area contributed by atoms with Crippen molar-refractivity contribution in [1.29, 1.82) is 0 Å². The van der Waals surface area contributed by atoms with Crippen molar-refractivity contribution in [3.63, 3.8) is 0 Å². The van der Waals surface area contributed by atoms with Crippen LogP contribution >= 0.6 is 11.8 Å². The average Bonchev–Trinajstić information content (AvgIpc) is 2.45. The van der Waals surface area contributed by atoms with E-state index in [9.17, 15) is 8.42 Å². The molecule has 0 unspecified atom stereocenters. The fourth-order valence-electron chi connectivity index (χ4n) is 1.81. The summed E-state index contributed by atoms with van der Waals surface area (Å²) in [5.41, 5.74) is 1.62. The second-order valence-corrected chi connectivity index (χ2v) is 6.75. The quantitative estimate of drug-likeness (QED) is 0.930. The van der Waals surface area contributed by atoms with Gasteiger partial charge in [-0.2, -0.15) is 4.51 Å². The van der Waals surface area contributed by atoms with Gasteiger partial charge in [0.2, 0.25) is 0 Å². The van der Waals surface area contributed by atoms with Crippen LogP contribution in [0.2, 0.25) is 0 Å². The SMILES string of the molecule is CS(=O)(=O)c1ccc(NCC2C=CC(=NCl)C=C2)cc1. The normalized spacial score (nSPS) is 18.1. The Morgan fingerprint density at radius 3 is 2.30 bits per heavy atom. The number of sulfone groups is 1. The molecule has 0 atom stereocenters. The van der Waals surface area contributed by atoms with Crippen molar-refractivity contribution in [2.24, 2.45) is 10.4 Å². The summed E-state index contributed by atoms with van der Waals surface area (Å²) in [6.07, 6.45) is 8.96. The van der Waals surface area contributed by atoms with Crippen LogP contribution < -0.4 is 5.32 Å². The lowest BCUT2D eigenvalue weighted by Gasteiger charge is -2.13. The molecule has 0 aliphatic heterocycles. The molecule has 0 saturated heterocycles. The van der Waals surface area contributed by atoms with Crippen LogP contribution in [-0.2, 0) is 9.84 Å². The number of rotatable bonds is 4. The Kier molecular flexibility index (Phi) is 4.62. The summed E-state index contributed by atoms with van der Waals surface area (Å²) in [7, 11) is -3.14. The molecule has 0 saturated carbocycles. The number of allylic oxidation sites excluding steroid dienone is 2. The molecule has 20 heavy (non-hydrogen) atoms. The molecule has 0 aromatic heterocycles. The number of nitrogens with one attached hydrogen (secondary N) is 1. The molecule has 4 nitrogen and oxygen atoms in total. The molecule has 0 spiro atoms. The first-order valence-corrected chi connectivity index (χ1v) is 8.31. The van der Waals surface area contributed by atoms with Crippen LogP contribution in [-0.4, -0.2) is 26.9 Å². The summed E-state index contributed by atoms with van der Waals surface area (Å²) in [4.78, 5) is 0.323. The molecule has 1 aliphatic rings. The van der Waals surface area contributed by atoms with Gasteiger partial charge in [-0.25, -0.2) is 8.42 Å². The Balaban J connectivity index is 1.94. The number of nitrogens with zero attached hydrogens (tertiary/aromatic N) is 1. The van der Waals surface area contributed by atoms with Crippen molar-refractivity contribution in [2.45, 2.75) is 4.90 Å². The maximum absolute atomic E-state index is 11.3. The van der Waals surface area contributed by atoms with Gasteiger partial charge in [0, 0.05) is 36.2 Å². The Bertz CT molecular complexity index is 645. The number of halogens is 1. The fraction of sp³-hybridized carbons (Fsp3) is 0.214. The summed E-state index contributed by atoms with van der Waals surface area (Å²) < 4.78 is 26.3. The molecule has 1 aromatic carbocycles. The largest absolute Gasteiger partial charge is 0.384 e. The monoisotopic (exact) mass is 310 g/mol. The lowest BCUT2D eigenvalue weighted by atomic mass is 10.0. The first-order valence-electron chi connectivity index (χ1n) is 6.08. The summed E-state index contributed by atoms with van der Waals surface area (Å²) >= 11 is 5.37. The minimum absolute atomic E-state index is 0.256. The van der Waals surface area contributed by atoms with Crippen LogP contribution in [0.1, 0.15) is 0 Å². The number of hydrogen-bond acceptors (Lipinski definition) is 4. The third-order valence-corrected chi connectivity index (χ3v) is 4.27. The zero-order valence-corrected chi connectivity index (χ0v) is 12.5. The number of benzene rings is 1. The molecule has 6 heteroatoms. The van der Waals surface area contributed by atoms with Gasteiger partial charge in [-0.1, -0.05) is 12.2 Å². The van der Waals surface area contributed by atoms with E-state index < -0.39 is 9.84 Å². The Hall–Kier alpha value is -1.59. The van der Waals surface area contributed by atoms with Gasteiger partial charge >= 0.3 is 0 Å². The van der Waals surface area contributed by atoms with E-state index in [0.717, 1.165) is 17.9 Å². The third kappa shape index (κ3) is 3.95. The predicted octanol–water partition coefficient (Wildman–Crippen LogP) is 2.84. The second-order valence-electron chi connectivity index (χ2n) is 4.57. The van der Waals surface area contributed by atoms with E-state index >= 15 is 0 Å². The smallest absolute Gasteiger partial charge is 0.175 e. The molecule has 0 fully saturated rings. The van der Waals surface area contributed by atoms with E-state index in [4.69, 9.17) is 11.8 Å². The summed E-state index contributed by atoms with van der Waals surface area (Å²) in [5, 5.41) is 3.26. The zero-order chi connectivity index (χ0) is 14.6. The average molecular weight is 311 g/mol. The lowest BCUT2D eigenvalue weighted by molar-refractivity contribution is 0.602. The van der Waals surface area contributed by atoms with E-state index in [-0.39, 0.29) is 5.92 Å². The summed E-state index contributed by atoms with van der Waals surface area (Å²) in [5.74, 6) is 0.256. The fourth-order valence-corrected chi connectivity index (χ4v) is 2.56. The second kappa shape index (κ2) is 6.24. The summed E-state index contributed by atoms with van der Waals surface area (Å²) in [6.45, 7) is 0.723. The van der Waals surface area contributed by atoms with Gasteiger partial charge in [0.25, 0.3) is 0 Å². The predicted molar refractivity (Wildman–Crippen MR) is 83.1 cm³/mol. The van der Waals surface area contributed by atoms with Crippen molar-refractivity contribution in [3.05, 3.63) is 48.6 Å². The van der Waals surface area contributed by atoms with Crippen LogP contribution in [0, 0.1) is 5.92 Å². The number of anilines is 1. The van der Waals surface area contributed by atoms with Gasteiger partial charge in [0.15, 0.2) is 9.84 Å². The maximum Gasteiger partial charge on any atom is 0.175 e. The van der Waals surface area contributed by atoms with Crippen molar-refractivity contribution in [3.8, 4) is 0 Å². The lowest BCUT2D eigenvalue weighted by Crippen LogP contribution is -2.13. The van der Waals surface area contributed by atoms with E-state index in [2.05, 4.69) is 9.83 Å². The highest BCUT2D eigenvalue weighted by atomic mass is 35.5. The Morgan fingerprint density at radius 2 is 1.80 bits per heavy atom. The van der Waals surface area contributed by atoms with Gasteiger partial charge in [0.1, 0.15) is 0 Å². The molecule has 0 radical (unpaired) electrons. The van der Waals surface area contributed by atoms with Gasteiger partial charge in [-0.15, -0.1) is 0 Å². The van der Waals surface area contributed by atoms with Crippen LogP contribution in [0.25, 0.3) is 0 Å². The zero-order valence-electron chi connectivity index (χ0n) is 11.0. The molecule has 1 aromatic rings. The third-order valence-electron chi connectivity index (χ3n) is 2.95. The minimum atomic E-state index is -3.14. The molecule has 2 rings (SSSR count). The highest BCUT2D eigenvalue weighted by Gasteiger charge is 2.08. The molecule has 106 valence electrons. The van der Waals surface area contributed by atoms with E-state index in [1.165, 1.54) is 6.26 Å². The van der Waals surface area contributed by atoms with E-state index in [1.54, 1.807) is 24.3 Å². The van der Waals surface area contributed by atoms with Crippen molar-refractivity contribution >= 4 is 33.0 Å². The highest BCUT2D eigenvalue weighted by molar-refractivity contribution is 7.90. The molecule has 0 heterocycles. The van der Waals surface area contributed by atoms with Gasteiger partial charge in [-0.05, 0) is 36.4 Å². The van der Waals surface area contributed by atoms with Gasteiger partial charge < -0.3 is 5.32 Å². The molecule has 1 aliphatic carbocycles. The Morgan fingerprint density at radius 1 is 1.20 bits per heavy atom. The van der Waals surface area contributed by atoms with Gasteiger partial charge in [-0.3, -0.25) is 0 Å². The van der Waals surface area contributed by atoms with Crippen molar-refractivity contribution in [1.82, 2.24) is 0 Å². The standard InChI is InChI=1S/C14H15ClN2O2S/c1-20(18,19)14-8-6-12(7-9-14)16-10-11-2-4-13(17-15)5-3-11/h2-9,11,16H,10H2,1H3. The van der Waals surface area contributed by atoms with Gasteiger partial charge in [0.05, 0.1) is 10.6 Å². The minimum Gasteiger partial charge on any atom is -0.384 e. The first-order chi connectivity index (χ1) is 9.49. The van der Waals surface area contributed by atoms with E-state index in [0.29, 0.717) is 4.90 Å². The number of hydrogen-bond donors (Lipinski definition) is 1. The van der Waals surface area contributed by atoms with Crippen LogP contribution in [0.3, 0.4) is 0 Å². The van der Waals surface area contributed by atoms with E-state index in [1.807, 2.05) is 24.3 Å². The molecule has 0 bridgehead atoms. The topological polar surface area (TPSA) is 58.5 Å². The van der Waals surface area contributed by atoms with Crippen molar-refractivity contribution < 1.29 is 8.42 Å². The van der Waals surface area contributed by atoms with Crippen molar-refractivity contribution in [2.75, 3.05) is 18.1 Å². The molecule has 1 N–H and O–H groups in total. The molecular formula is C14H15ClN2O2S. The highest BCUT2D eigenvalue weighted by Crippen LogP contribution is 2.15. The van der Waals surface area contributed by atoms with Crippen LogP contribution in [0.4, 0.5) is 5.69 Å². The van der Waals surface area contributed by atoms with Crippen LogP contribution in [0.5, 0.6) is 0 Å². The summed E-state index contributed by atoms with van der Waals surface area (Å²) in [6, 6.07) is 6.72.